The highest BCUT2D eigenvalue weighted by molar-refractivity contribution is 7.16. The lowest BCUT2D eigenvalue weighted by Crippen LogP contribution is -2.11. The fourth-order valence-electron chi connectivity index (χ4n) is 3.62. The molecule has 3 aromatic carbocycles. The van der Waals surface area contributed by atoms with Gasteiger partial charge in [-0.3, -0.25) is 10.1 Å². The van der Waals surface area contributed by atoms with Crippen LogP contribution < -0.4 is 5.32 Å². The van der Waals surface area contributed by atoms with Gasteiger partial charge in [0.05, 0.1) is 5.69 Å². The third-order valence-corrected chi connectivity index (χ3v) is 6.10. The number of hydrogen-bond donors (Lipinski definition) is 1. The second kappa shape index (κ2) is 7.06. The van der Waals surface area contributed by atoms with E-state index < -0.39 is 0 Å². The Morgan fingerprint density at radius 2 is 1.54 bits per heavy atom. The Morgan fingerprint density at radius 3 is 2.36 bits per heavy atom. The SMILES string of the molecule is O=C(Nc1nc2c(s1)CCc1ccccc1-2)c1ccc(-c2ccccc2)cc1. The van der Waals surface area contributed by atoms with Gasteiger partial charge in [0, 0.05) is 16.0 Å². The number of carbonyl (C=O) groups excluding carboxylic acids is 1. The number of carbonyl (C=O) groups is 1. The molecule has 4 aromatic rings. The van der Waals surface area contributed by atoms with Gasteiger partial charge in [-0.2, -0.15) is 0 Å². The highest BCUT2D eigenvalue weighted by atomic mass is 32.1. The van der Waals surface area contributed by atoms with Crippen LogP contribution in [0.25, 0.3) is 22.4 Å². The second-order valence-corrected chi connectivity index (χ2v) is 7.93. The second-order valence-electron chi connectivity index (χ2n) is 6.85. The zero-order chi connectivity index (χ0) is 18.9. The highest BCUT2D eigenvalue weighted by Crippen LogP contribution is 2.38. The van der Waals surface area contributed by atoms with Crippen molar-refractivity contribution in [2.24, 2.45) is 0 Å². The number of benzene rings is 3. The van der Waals surface area contributed by atoms with Crippen LogP contribution in [0.15, 0.2) is 78.9 Å². The van der Waals surface area contributed by atoms with Gasteiger partial charge in [0.2, 0.25) is 0 Å². The van der Waals surface area contributed by atoms with Gasteiger partial charge in [0.25, 0.3) is 5.91 Å². The number of anilines is 1. The maximum Gasteiger partial charge on any atom is 0.257 e. The Morgan fingerprint density at radius 1 is 0.821 bits per heavy atom. The van der Waals surface area contributed by atoms with Gasteiger partial charge < -0.3 is 0 Å². The van der Waals surface area contributed by atoms with Gasteiger partial charge in [0.15, 0.2) is 5.13 Å². The molecule has 0 unspecified atom stereocenters. The number of nitrogens with one attached hydrogen (secondary N) is 1. The lowest BCUT2D eigenvalue weighted by atomic mass is 9.94. The van der Waals surface area contributed by atoms with E-state index in [4.69, 9.17) is 4.98 Å². The standard InChI is InChI=1S/C24H18N2OS/c27-23(19-12-10-17(11-13-19)16-6-2-1-3-7-16)26-24-25-22-20-9-5-4-8-18(20)14-15-21(22)28-24/h1-13H,14-15H2,(H,25,26,27). The van der Waals surface area contributed by atoms with Gasteiger partial charge in [0.1, 0.15) is 0 Å². The molecule has 0 saturated carbocycles. The molecule has 5 rings (SSSR count). The van der Waals surface area contributed by atoms with Crippen molar-refractivity contribution in [3.05, 3.63) is 94.9 Å². The van der Waals surface area contributed by atoms with Crippen LogP contribution in [0.4, 0.5) is 5.13 Å². The number of aromatic nitrogens is 1. The third-order valence-electron chi connectivity index (χ3n) is 5.07. The smallest absolute Gasteiger partial charge is 0.257 e. The number of aryl methyl sites for hydroxylation is 2. The lowest BCUT2D eigenvalue weighted by molar-refractivity contribution is 0.102. The Hall–Kier alpha value is -3.24. The molecule has 1 N–H and O–H groups in total. The van der Waals surface area contributed by atoms with Crippen LogP contribution in [-0.2, 0) is 12.8 Å². The van der Waals surface area contributed by atoms with E-state index >= 15 is 0 Å². The minimum atomic E-state index is -0.126. The molecule has 0 fully saturated rings. The maximum atomic E-state index is 12.7. The van der Waals surface area contributed by atoms with E-state index in [1.807, 2.05) is 48.5 Å². The molecule has 0 atom stereocenters. The Bertz CT molecular complexity index is 1150. The van der Waals surface area contributed by atoms with E-state index in [-0.39, 0.29) is 5.91 Å². The van der Waals surface area contributed by atoms with Gasteiger partial charge in [-0.25, -0.2) is 4.98 Å². The molecule has 0 saturated heterocycles. The molecule has 0 spiro atoms. The summed E-state index contributed by atoms with van der Waals surface area (Å²) < 4.78 is 0. The van der Waals surface area contributed by atoms with Crippen LogP contribution in [0.3, 0.4) is 0 Å². The van der Waals surface area contributed by atoms with Crippen LogP contribution in [0.5, 0.6) is 0 Å². The van der Waals surface area contributed by atoms with Crippen molar-refractivity contribution in [3.63, 3.8) is 0 Å². The summed E-state index contributed by atoms with van der Waals surface area (Å²) in [5, 5.41) is 3.64. The van der Waals surface area contributed by atoms with Crippen molar-refractivity contribution in [3.8, 4) is 22.4 Å². The number of hydrogen-bond acceptors (Lipinski definition) is 3. The number of thiazole rings is 1. The largest absolute Gasteiger partial charge is 0.298 e. The Balaban J connectivity index is 1.36. The summed E-state index contributed by atoms with van der Waals surface area (Å²) in [6, 6.07) is 26.2. The minimum Gasteiger partial charge on any atom is -0.298 e. The first kappa shape index (κ1) is 16.9. The van der Waals surface area contributed by atoms with Crippen molar-refractivity contribution in [2.75, 3.05) is 5.32 Å². The van der Waals surface area contributed by atoms with Gasteiger partial charge >= 0.3 is 0 Å². The number of rotatable bonds is 3. The lowest BCUT2D eigenvalue weighted by Gasteiger charge is -2.13. The Kier molecular flexibility index (Phi) is 4.26. The first-order valence-electron chi connectivity index (χ1n) is 9.33. The van der Waals surface area contributed by atoms with E-state index in [1.165, 1.54) is 16.0 Å². The molecule has 1 aliphatic rings. The van der Waals surface area contributed by atoms with Crippen molar-refractivity contribution >= 4 is 22.4 Å². The van der Waals surface area contributed by atoms with E-state index in [2.05, 4.69) is 35.6 Å². The molecular weight excluding hydrogens is 364 g/mol. The highest BCUT2D eigenvalue weighted by Gasteiger charge is 2.21. The molecule has 136 valence electrons. The summed E-state index contributed by atoms with van der Waals surface area (Å²) in [4.78, 5) is 18.6. The molecule has 1 aliphatic carbocycles. The van der Waals surface area contributed by atoms with Crippen LogP contribution in [0, 0.1) is 0 Å². The summed E-state index contributed by atoms with van der Waals surface area (Å²) >= 11 is 1.58. The zero-order valence-corrected chi connectivity index (χ0v) is 16.0. The van der Waals surface area contributed by atoms with Crippen molar-refractivity contribution < 1.29 is 4.79 Å². The minimum absolute atomic E-state index is 0.126. The average Bonchev–Trinajstić information content (AvgIpc) is 3.17. The predicted octanol–water partition coefficient (Wildman–Crippen LogP) is 5.83. The summed E-state index contributed by atoms with van der Waals surface area (Å²) in [5.41, 5.74) is 6.40. The topological polar surface area (TPSA) is 42.0 Å². The molecule has 4 heteroatoms. The van der Waals surface area contributed by atoms with E-state index in [9.17, 15) is 4.79 Å². The van der Waals surface area contributed by atoms with E-state index in [1.54, 1.807) is 11.3 Å². The summed E-state index contributed by atoms with van der Waals surface area (Å²) in [7, 11) is 0. The predicted molar refractivity (Wildman–Crippen MR) is 115 cm³/mol. The molecule has 0 radical (unpaired) electrons. The van der Waals surface area contributed by atoms with E-state index in [0.717, 1.165) is 29.7 Å². The molecule has 0 bridgehead atoms. The monoisotopic (exact) mass is 382 g/mol. The fourth-order valence-corrected chi connectivity index (χ4v) is 4.59. The number of nitrogens with zero attached hydrogens (tertiary/aromatic N) is 1. The van der Waals surface area contributed by atoms with Crippen LogP contribution in [0.1, 0.15) is 20.8 Å². The normalized spacial score (nSPS) is 12.1. The quantitative estimate of drug-likeness (QED) is 0.484. The molecule has 1 aromatic heterocycles. The Labute approximate surface area is 167 Å². The van der Waals surface area contributed by atoms with Crippen LogP contribution in [0.2, 0.25) is 0 Å². The zero-order valence-electron chi connectivity index (χ0n) is 15.2. The maximum absolute atomic E-state index is 12.7. The third kappa shape index (κ3) is 3.12. The van der Waals surface area contributed by atoms with Gasteiger partial charge in [-0.15, -0.1) is 11.3 Å². The van der Waals surface area contributed by atoms with Crippen molar-refractivity contribution in [1.29, 1.82) is 0 Å². The molecule has 1 amide bonds. The first-order chi connectivity index (χ1) is 13.8. The molecule has 1 heterocycles. The molecular formula is C24H18N2OS. The molecule has 0 aliphatic heterocycles. The number of fused-ring (bicyclic) bond motifs is 3. The molecule has 3 nitrogen and oxygen atoms in total. The molecule has 28 heavy (non-hydrogen) atoms. The summed E-state index contributed by atoms with van der Waals surface area (Å²) in [5.74, 6) is -0.126. The van der Waals surface area contributed by atoms with E-state index in [0.29, 0.717) is 10.7 Å². The fraction of sp³-hybridized carbons (Fsp3) is 0.0833. The average molecular weight is 382 g/mol. The van der Waals surface area contributed by atoms with Gasteiger partial charge in [-0.1, -0.05) is 66.7 Å². The summed E-state index contributed by atoms with van der Waals surface area (Å²) in [6.45, 7) is 0. The first-order valence-corrected chi connectivity index (χ1v) is 10.1. The van der Waals surface area contributed by atoms with Crippen molar-refractivity contribution in [1.82, 2.24) is 4.98 Å². The van der Waals surface area contributed by atoms with Gasteiger partial charge in [-0.05, 0) is 41.7 Å². The van der Waals surface area contributed by atoms with Crippen LogP contribution >= 0.6 is 11.3 Å². The summed E-state index contributed by atoms with van der Waals surface area (Å²) in [6.07, 6.45) is 2.01. The number of amides is 1. The van der Waals surface area contributed by atoms with Crippen molar-refractivity contribution in [2.45, 2.75) is 12.8 Å². The van der Waals surface area contributed by atoms with Crippen LogP contribution in [-0.4, -0.2) is 10.9 Å².